The Kier molecular flexibility index (Phi) is 2.70. The van der Waals surface area contributed by atoms with Crippen molar-refractivity contribution in [1.82, 2.24) is 4.90 Å². The quantitative estimate of drug-likeness (QED) is 0.521. The van der Waals surface area contributed by atoms with Crippen LogP contribution >= 0.6 is 0 Å². The van der Waals surface area contributed by atoms with Gasteiger partial charge in [0.2, 0.25) is 0 Å². The van der Waals surface area contributed by atoms with Crippen molar-refractivity contribution >= 4 is 6.16 Å². The van der Waals surface area contributed by atoms with Crippen molar-refractivity contribution in [2.24, 2.45) is 0 Å². The van der Waals surface area contributed by atoms with Crippen molar-refractivity contribution in [3.63, 3.8) is 0 Å². The van der Waals surface area contributed by atoms with Gasteiger partial charge in [-0.25, -0.2) is 4.79 Å². The van der Waals surface area contributed by atoms with Gasteiger partial charge in [-0.2, -0.15) is 0 Å². The van der Waals surface area contributed by atoms with Gasteiger partial charge in [0.1, 0.15) is 6.10 Å². The average molecular weight is 159 g/mol. The van der Waals surface area contributed by atoms with Crippen LogP contribution in [0.5, 0.6) is 0 Å². The van der Waals surface area contributed by atoms with Crippen LogP contribution < -0.4 is 0 Å². The Balaban J connectivity index is 2.23. The molecular formula is C7H13NO3. The molecule has 0 spiro atoms. The van der Waals surface area contributed by atoms with Crippen LogP contribution in [0.15, 0.2) is 0 Å². The fraction of sp³-hybridized carbons (Fsp3) is 0.857. The summed E-state index contributed by atoms with van der Waals surface area (Å²) in [6.45, 7) is 1.80. The minimum atomic E-state index is -0.578. The van der Waals surface area contributed by atoms with Gasteiger partial charge in [-0.05, 0) is 13.5 Å². The molecule has 1 atom stereocenters. The molecule has 0 radical (unpaired) electrons. The Morgan fingerprint density at radius 3 is 2.82 bits per heavy atom. The van der Waals surface area contributed by atoms with Gasteiger partial charge in [0.15, 0.2) is 0 Å². The fourth-order valence-electron chi connectivity index (χ4n) is 1.17. The third-order valence-electron chi connectivity index (χ3n) is 1.78. The highest BCUT2D eigenvalue weighted by atomic mass is 16.7. The molecule has 64 valence electrons. The number of nitrogens with zero attached hydrogens (tertiary/aromatic N) is 1. The van der Waals surface area contributed by atoms with Crippen molar-refractivity contribution < 1.29 is 14.3 Å². The summed E-state index contributed by atoms with van der Waals surface area (Å²) in [6.07, 6.45) is 0.351. The number of carbonyl (C=O) groups is 1. The molecule has 1 aliphatic rings. The van der Waals surface area contributed by atoms with Crippen LogP contribution in [0, 0.1) is 0 Å². The van der Waals surface area contributed by atoms with E-state index >= 15 is 0 Å². The van der Waals surface area contributed by atoms with Crippen molar-refractivity contribution in [1.29, 1.82) is 0 Å². The fourth-order valence-corrected chi connectivity index (χ4v) is 1.17. The van der Waals surface area contributed by atoms with Crippen LogP contribution in [-0.2, 0) is 9.47 Å². The van der Waals surface area contributed by atoms with Crippen LogP contribution in [0.3, 0.4) is 0 Å². The molecule has 1 heterocycles. The van der Waals surface area contributed by atoms with E-state index in [1.54, 1.807) is 0 Å². The molecular weight excluding hydrogens is 146 g/mol. The third-order valence-corrected chi connectivity index (χ3v) is 1.78. The predicted molar refractivity (Wildman–Crippen MR) is 39.4 cm³/mol. The first-order valence-corrected chi connectivity index (χ1v) is 3.65. The largest absolute Gasteiger partial charge is 0.508 e. The number of carbonyl (C=O) groups excluding carboxylic acids is 1. The minimum Gasteiger partial charge on any atom is -0.438 e. The number of likely N-dealkylation sites (N-methyl/N-ethyl adjacent to an activating group) is 1. The highest BCUT2D eigenvalue weighted by molar-refractivity contribution is 5.59. The summed E-state index contributed by atoms with van der Waals surface area (Å²) < 4.78 is 9.30. The zero-order valence-electron chi connectivity index (χ0n) is 6.87. The monoisotopic (exact) mass is 159 g/mol. The van der Waals surface area contributed by atoms with E-state index < -0.39 is 6.16 Å². The molecule has 1 fully saturated rings. The maximum absolute atomic E-state index is 10.6. The number of rotatable bonds is 1. The molecule has 4 nitrogen and oxygen atoms in total. The molecule has 0 amide bonds. The highest BCUT2D eigenvalue weighted by Gasteiger charge is 2.22. The topological polar surface area (TPSA) is 38.8 Å². The first kappa shape index (κ1) is 8.33. The van der Waals surface area contributed by atoms with Crippen LogP contribution in [0.1, 0.15) is 6.42 Å². The van der Waals surface area contributed by atoms with Gasteiger partial charge in [0, 0.05) is 13.1 Å². The maximum atomic E-state index is 10.6. The van der Waals surface area contributed by atoms with Crippen molar-refractivity contribution in [3.05, 3.63) is 0 Å². The van der Waals surface area contributed by atoms with E-state index in [4.69, 9.17) is 4.74 Å². The van der Waals surface area contributed by atoms with Gasteiger partial charge in [-0.3, -0.25) is 0 Å². The molecule has 1 unspecified atom stereocenters. The Hall–Kier alpha value is -0.770. The zero-order valence-corrected chi connectivity index (χ0v) is 6.87. The summed E-state index contributed by atoms with van der Waals surface area (Å²) in [6, 6.07) is 0. The summed E-state index contributed by atoms with van der Waals surface area (Å²) in [5.74, 6) is 0. The third kappa shape index (κ3) is 2.38. The maximum Gasteiger partial charge on any atom is 0.508 e. The molecule has 0 N–H and O–H groups in total. The Morgan fingerprint density at radius 2 is 2.36 bits per heavy atom. The number of methoxy groups -OCH3 is 1. The molecule has 0 aromatic heterocycles. The molecule has 0 bridgehead atoms. The van der Waals surface area contributed by atoms with E-state index in [1.807, 2.05) is 7.05 Å². The molecule has 0 saturated carbocycles. The summed E-state index contributed by atoms with van der Waals surface area (Å²) in [5.41, 5.74) is 0. The van der Waals surface area contributed by atoms with Gasteiger partial charge >= 0.3 is 6.16 Å². The SMILES string of the molecule is COC(=O)OC1CCN(C)C1. The second-order valence-corrected chi connectivity index (χ2v) is 2.74. The van der Waals surface area contributed by atoms with E-state index in [-0.39, 0.29) is 6.10 Å². The smallest absolute Gasteiger partial charge is 0.438 e. The lowest BCUT2D eigenvalue weighted by Gasteiger charge is -2.10. The minimum absolute atomic E-state index is 0.0208. The molecule has 4 heteroatoms. The Morgan fingerprint density at radius 1 is 1.64 bits per heavy atom. The number of hydrogen-bond acceptors (Lipinski definition) is 4. The first-order valence-electron chi connectivity index (χ1n) is 3.65. The van der Waals surface area contributed by atoms with Crippen LogP contribution in [0.25, 0.3) is 0 Å². The second-order valence-electron chi connectivity index (χ2n) is 2.74. The van der Waals surface area contributed by atoms with Crippen molar-refractivity contribution in [2.45, 2.75) is 12.5 Å². The van der Waals surface area contributed by atoms with Gasteiger partial charge in [0.25, 0.3) is 0 Å². The zero-order chi connectivity index (χ0) is 8.27. The van der Waals surface area contributed by atoms with E-state index in [0.29, 0.717) is 0 Å². The lowest BCUT2D eigenvalue weighted by atomic mass is 10.3. The van der Waals surface area contributed by atoms with Crippen LogP contribution in [-0.4, -0.2) is 44.4 Å². The first-order chi connectivity index (χ1) is 5.22. The number of likely N-dealkylation sites (tertiary alicyclic amines) is 1. The molecule has 0 aliphatic carbocycles. The van der Waals surface area contributed by atoms with Crippen molar-refractivity contribution in [2.75, 3.05) is 27.2 Å². The molecule has 1 saturated heterocycles. The number of hydrogen-bond donors (Lipinski definition) is 0. The van der Waals surface area contributed by atoms with Gasteiger partial charge in [-0.1, -0.05) is 0 Å². The predicted octanol–water partition coefficient (Wildman–Crippen LogP) is 0.474. The highest BCUT2D eigenvalue weighted by Crippen LogP contribution is 2.10. The lowest BCUT2D eigenvalue weighted by molar-refractivity contribution is 0.0410. The van der Waals surface area contributed by atoms with E-state index in [0.717, 1.165) is 19.5 Å². The summed E-state index contributed by atoms with van der Waals surface area (Å²) >= 11 is 0. The Bertz CT molecular complexity index is 149. The van der Waals surface area contributed by atoms with Gasteiger partial charge in [0.05, 0.1) is 7.11 Å². The number of ether oxygens (including phenoxy) is 2. The molecule has 0 aromatic rings. The molecule has 1 rings (SSSR count). The van der Waals surface area contributed by atoms with Gasteiger partial charge in [-0.15, -0.1) is 0 Å². The van der Waals surface area contributed by atoms with E-state index in [9.17, 15) is 4.79 Å². The molecule has 1 aliphatic heterocycles. The van der Waals surface area contributed by atoms with Crippen molar-refractivity contribution in [3.8, 4) is 0 Å². The summed E-state index contributed by atoms with van der Waals surface area (Å²) in [4.78, 5) is 12.7. The normalized spacial score (nSPS) is 25.1. The Labute approximate surface area is 66.1 Å². The average Bonchev–Trinajstić information content (AvgIpc) is 2.35. The van der Waals surface area contributed by atoms with E-state index in [1.165, 1.54) is 7.11 Å². The standard InChI is InChI=1S/C7H13NO3/c1-8-4-3-6(5-8)11-7(9)10-2/h6H,3-5H2,1-2H3. The van der Waals surface area contributed by atoms with Gasteiger partial charge < -0.3 is 14.4 Å². The summed E-state index contributed by atoms with van der Waals surface area (Å²) in [5, 5.41) is 0. The van der Waals surface area contributed by atoms with Crippen LogP contribution in [0.2, 0.25) is 0 Å². The molecule has 0 aromatic carbocycles. The lowest BCUT2D eigenvalue weighted by Crippen LogP contribution is -2.21. The summed E-state index contributed by atoms with van der Waals surface area (Å²) in [7, 11) is 3.32. The van der Waals surface area contributed by atoms with E-state index in [2.05, 4.69) is 9.64 Å². The molecule has 11 heavy (non-hydrogen) atoms. The van der Waals surface area contributed by atoms with Crippen LogP contribution in [0.4, 0.5) is 4.79 Å². The second kappa shape index (κ2) is 3.57.